The number of ether oxygens (including phenoxy) is 2. The maximum absolute atomic E-state index is 12.5. The first-order valence-electron chi connectivity index (χ1n) is 19.9. The van der Waals surface area contributed by atoms with Crippen molar-refractivity contribution >= 4 is 13.8 Å². The molecule has 0 heterocycles. The first kappa shape index (κ1) is 49.0. The third-order valence-electron chi connectivity index (χ3n) is 8.07. The molecule has 0 aromatic carbocycles. The molecule has 0 spiro atoms. The molecule has 296 valence electrons. The minimum absolute atomic E-state index is 0.00211. The molecule has 9 nitrogen and oxygen atoms in total. The quantitative estimate of drug-likeness (QED) is 0.0187. The average Bonchev–Trinajstić information content (AvgIpc) is 3.11. The van der Waals surface area contributed by atoms with E-state index in [9.17, 15) is 19.4 Å². The molecule has 10 heteroatoms. The normalized spacial score (nSPS) is 14.8. The topological polar surface area (TPSA) is 138 Å². The number of phosphoric acid groups is 1. The molecular weight excluding hydrogens is 665 g/mol. The molecule has 0 aliphatic heterocycles. The van der Waals surface area contributed by atoms with Gasteiger partial charge in [-0.15, -0.1) is 0 Å². The third-order valence-corrected chi connectivity index (χ3v) is 9.06. The highest BCUT2D eigenvalue weighted by molar-refractivity contribution is 7.47. The largest absolute Gasteiger partial charge is 0.498 e. The number of unbranched alkanes of at least 4 members (excludes halogenated alkanes) is 14. The van der Waals surface area contributed by atoms with Crippen LogP contribution in [0.25, 0.3) is 0 Å². The van der Waals surface area contributed by atoms with E-state index in [1.807, 2.05) is 24.3 Å². The Hall–Kier alpha value is -2.00. The summed E-state index contributed by atoms with van der Waals surface area (Å²) >= 11 is 0. The zero-order valence-electron chi connectivity index (χ0n) is 32.2. The molecule has 0 aliphatic carbocycles. The number of aliphatic hydroxyl groups excluding tert-OH is 1. The monoisotopic (exact) mass is 740 g/mol. The lowest BCUT2D eigenvalue weighted by Gasteiger charge is -2.19. The number of hydrogen-bond donors (Lipinski definition) is 3. The Balaban J connectivity index is 4.28. The summed E-state index contributed by atoms with van der Waals surface area (Å²) in [6, 6.07) is 0. The lowest BCUT2D eigenvalue weighted by molar-refractivity contribution is -0.153. The second-order valence-corrected chi connectivity index (χ2v) is 14.5. The van der Waals surface area contributed by atoms with Gasteiger partial charge in [-0.05, 0) is 57.4 Å². The van der Waals surface area contributed by atoms with Crippen LogP contribution in [0, 0.1) is 0 Å². The number of rotatable bonds is 37. The fraction of sp³-hybridized carbons (Fsp3) is 0.732. The molecule has 0 aliphatic rings. The number of esters is 1. The molecule has 1 unspecified atom stereocenters. The van der Waals surface area contributed by atoms with Gasteiger partial charge in [0.05, 0.1) is 25.6 Å². The fourth-order valence-corrected chi connectivity index (χ4v) is 5.86. The summed E-state index contributed by atoms with van der Waals surface area (Å²) < 4.78 is 33.0. The highest BCUT2D eigenvalue weighted by atomic mass is 31.2. The van der Waals surface area contributed by atoms with Crippen LogP contribution in [0.1, 0.15) is 155 Å². The zero-order chi connectivity index (χ0) is 37.5. The van der Waals surface area contributed by atoms with Gasteiger partial charge in [0.25, 0.3) is 0 Å². The van der Waals surface area contributed by atoms with Crippen LogP contribution in [0.5, 0.6) is 0 Å². The van der Waals surface area contributed by atoms with Crippen molar-refractivity contribution in [2.75, 3.05) is 26.4 Å². The van der Waals surface area contributed by atoms with Crippen molar-refractivity contribution < 1.29 is 37.9 Å². The van der Waals surface area contributed by atoms with E-state index in [0.29, 0.717) is 6.42 Å². The van der Waals surface area contributed by atoms with Crippen LogP contribution < -0.4 is 5.73 Å². The van der Waals surface area contributed by atoms with E-state index in [1.54, 1.807) is 6.26 Å². The molecule has 0 fully saturated rings. The van der Waals surface area contributed by atoms with E-state index in [0.717, 1.165) is 57.8 Å². The number of hydrogen-bond acceptors (Lipinski definition) is 8. The Labute approximate surface area is 311 Å². The predicted molar refractivity (Wildman–Crippen MR) is 211 cm³/mol. The summed E-state index contributed by atoms with van der Waals surface area (Å²) in [4.78, 5) is 22.4. The van der Waals surface area contributed by atoms with Crippen LogP contribution in [-0.4, -0.2) is 54.5 Å². The van der Waals surface area contributed by atoms with Gasteiger partial charge in [0, 0.05) is 13.0 Å². The Morgan fingerprint density at radius 2 is 1.24 bits per heavy atom. The molecule has 0 aromatic heterocycles. The Kier molecular flexibility index (Phi) is 36.3. The van der Waals surface area contributed by atoms with Crippen LogP contribution >= 0.6 is 7.82 Å². The minimum Gasteiger partial charge on any atom is -0.498 e. The minimum atomic E-state index is -4.31. The SMILES string of the molecule is CCCCCCCCCCCCCC/C=C/OC[C@H](COP(=O)(O)OCCN)OC(=O)CCC/C=C\C/C=C\C/C=C\C/C=C\[C@H](O)CCCC. The van der Waals surface area contributed by atoms with Gasteiger partial charge in [-0.25, -0.2) is 4.57 Å². The van der Waals surface area contributed by atoms with E-state index in [-0.39, 0.29) is 38.9 Å². The van der Waals surface area contributed by atoms with Gasteiger partial charge in [-0.3, -0.25) is 13.8 Å². The van der Waals surface area contributed by atoms with Crippen molar-refractivity contribution in [1.82, 2.24) is 0 Å². The molecule has 0 amide bonds. The van der Waals surface area contributed by atoms with E-state index < -0.39 is 19.9 Å². The molecule has 0 saturated heterocycles. The van der Waals surface area contributed by atoms with E-state index in [2.05, 4.69) is 44.2 Å². The van der Waals surface area contributed by atoms with Gasteiger partial charge in [0.2, 0.25) is 0 Å². The maximum atomic E-state index is 12.5. The summed E-state index contributed by atoms with van der Waals surface area (Å²) in [6.45, 7) is 3.99. The number of nitrogens with two attached hydrogens (primary N) is 1. The standard InChI is InChI=1S/C41H74NO8P/c1-3-5-7-8-9-10-11-12-15-18-21-24-27-30-35-47-37-40(38-49-51(45,46)48-36-34-42)50-41(44)33-29-26-23-20-17-14-13-16-19-22-25-28-32-39(43)31-6-4-2/h13-14,19-20,22-23,28,30,32,35,39-40,43H,3-12,15-18,21,24-27,29,31,33-34,36-38,42H2,1-2H3,(H,45,46)/b14-13-,22-19-,23-20-,32-28-,35-30+/t39-,40-/m1/s1. The lowest BCUT2D eigenvalue weighted by Crippen LogP contribution is -2.27. The van der Waals surface area contributed by atoms with E-state index in [1.165, 1.54) is 70.6 Å². The number of allylic oxidation sites excluding steroid dienone is 8. The molecule has 0 bridgehead atoms. The number of phosphoric ester groups is 1. The van der Waals surface area contributed by atoms with Crippen LogP contribution in [0.3, 0.4) is 0 Å². The van der Waals surface area contributed by atoms with Gasteiger partial charge in [0.1, 0.15) is 6.61 Å². The van der Waals surface area contributed by atoms with Gasteiger partial charge in [-0.1, -0.05) is 146 Å². The molecule has 4 N–H and O–H groups in total. The summed E-state index contributed by atoms with van der Waals surface area (Å²) in [5.41, 5.74) is 5.34. The molecule has 0 saturated carbocycles. The van der Waals surface area contributed by atoms with Crippen molar-refractivity contribution in [1.29, 1.82) is 0 Å². The lowest BCUT2D eigenvalue weighted by atomic mass is 10.0. The highest BCUT2D eigenvalue weighted by Crippen LogP contribution is 2.43. The summed E-state index contributed by atoms with van der Waals surface area (Å²) in [7, 11) is -4.31. The summed E-state index contributed by atoms with van der Waals surface area (Å²) in [6.07, 6.45) is 42.4. The van der Waals surface area contributed by atoms with Gasteiger partial charge < -0.3 is 25.2 Å². The Bertz CT molecular complexity index is 981. The number of carbonyl (C=O) groups excluding carboxylic acids is 1. The first-order valence-corrected chi connectivity index (χ1v) is 21.4. The first-order chi connectivity index (χ1) is 24.8. The van der Waals surface area contributed by atoms with Crippen LogP contribution in [-0.2, 0) is 27.9 Å². The third kappa shape index (κ3) is 37.6. The van der Waals surface area contributed by atoms with Crippen LogP contribution in [0.4, 0.5) is 0 Å². The van der Waals surface area contributed by atoms with Crippen LogP contribution in [0.15, 0.2) is 60.9 Å². The Morgan fingerprint density at radius 1 is 0.686 bits per heavy atom. The summed E-state index contributed by atoms with van der Waals surface area (Å²) in [5, 5.41) is 9.80. The second kappa shape index (κ2) is 37.7. The predicted octanol–water partition coefficient (Wildman–Crippen LogP) is 10.7. The summed E-state index contributed by atoms with van der Waals surface area (Å²) in [5.74, 6) is -0.422. The van der Waals surface area contributed by atoms with E-state index in [4.69, 9.17) is 24.3 Å². The highest BCUT2D eigenvalue weighted by Gasteiger charge is 2.25. The van der Waals surface area contributed by atoms with Gasteiger partial charge in [-0.2, -0.15) is 0 Å². The molecular formula is C41H74NO8P. The molecule has 0 aromatic rings. The van der Waals surface area contributed by atoms with Crippen molar-refractivity contribution in [3.05, 3.63) is 60.9 Å². The smallest absolute Gasteiger partial charge is 0.472 e. The average molecular weight is 740 g/mol. The number of carbonyl (C=O) groups is 1. The van der Waals surface area contributed by atoms with Crippen molar-refractivity contribution in [3.8, 4) is 0 Å². The second-order valence-electron chi connectivity index (χ2n) is 13.0. The van der Waals surface area contributed by atoms with E-state index >= 15 is 0 Å². The van der Waals surface area contributed by atoms with Gasteiger partial charge >= 0.3 is 13.8 Å². The number of aliphatic hydroxyl groups is 1. The van der Waals surface area contributed by atoms with Crippen molar-refractivity contribution in [3.63, 3.8) is 0 Å². The van der Waals surface area contributed by atoms with Crippen LogP contribution in [0.2, 0.25) is 0 Å². The van der Waals surface area contributed by atoms with Crippen molar-refractivity contribution in [2.24, 2.45) is 5.73 Å². The maximum Gasteiger partial charge on any atom is 0.472 e. The fourth-order valence-electron chi connectivity index (χ4n) is 5.09. The molecule has 51 heavy (non-hydrogen) atoms. The van der Waals surface area contributed by atoms with Gasteiger partial charge in [0.15, 0.2) is 6.10 Å². The molecule has 3 atom stereocenters. The Morgan fingerprint density at radius 3 is 1.84 bits per heavy atom. The zero-order valence-corrected chi connectivity index (χ0v) is 33.1. The van der Waals surface area contributed by atoms with Crippen molar-refractivity contribution in [2.45, 2.75) is 167 Å². The molecule has 0 rings (SSSR count). The molecule has 0 radical (unpaired) electrons.